The summed E-state index contributed by atoms with van der Waals surface area (Å²) in [4.78, 5) is 0. The van der Waals surface area contributed by atoms with E-state index in [-0.39, 0.29) is 0 Å². The van der Waals surface area contributed by atoms with Gasteiger partial charge >= 0.3 is 0 Å². The highest BCUT2D eigenvalue weighted by Gasteiger charge is 2.26. The molecule has 1 aromatic rings. The van der Waals surface area contributed by atoms with Crippen molar-refractivity contribution in [3.63, 3.8) is 0 Å². The molecule has 0 amide bonds. The summed E-state index contributed by atoms with van der Waals surface area (Å²) in [5.41, 5.74) is 6.90. The molecule has 0 aliphatic carbocycles. The second-order valence-electron chi connectivity index (χ2n) is 4.39. The van der Waals surface area contributed by atoms with E-state index in [0.29, 0.717) is 17.7 Å². The van der Waals surface area contributed by atoms with Gasteiger partial charge in [0, 0.05) is 24.7 Å². The van der Waals surface area contributed by atoms with Crippen molar-refractivity contribution in [2.24, 2.45) is 0 Å². The van der Waals surface area contributed by atoms with Gasteiger partial charge in [0.25, 0.3) is 0 Å². The maximum atomic E-state index is 5.81. The lowest BCUT2D eigenvalue weighted by atomic mass is 9.91. The highest BCUT2D eigenvalue weighted by molar-refractivity contribution is 5.43. The van der Waals surface area contributed by atoms with E-state index in [1.807, 2.05) is 0 Å². The maximum absolute atomic E-state index is 5.81. The van der Waals surface area contributed by atoms with Gasteiger partial charge in [0.1, 0.15) is 5.76 Å². The minimum absolute atomic E-state index is 0.370. The van der Waals surface area contributed by atoms with Crippen LogP contribution in [0.1, 0.15) is 49.8 Å². The second kappa shape index (κ2) is 4.23. The highest BCUT2D eigenvalue weighted by atomic mass is 16.5. The van der Waals surface area contributed by atoms with Gasteiger partial charge in [-0.1, -0.05) is 19.0 Å². The van der Waals surface area contributed by atoms with Crippen LogP contribution in [0.2, 0.25) is 0 Å². The van der Waals surface area contributed by atoms with Crippen LogP contribution in [0.5, 0.6) is 0 Å². The smallest absolute Gasteiger partial charge is 0.170 e. The van der Waals surface area contributed by atoms with Crippen molar-refractivity contribution in [1.29, 1.82) is 0 Å². The normalized spacial score (nSPS) is 18.6. The van der Waals surface area contributed by atoms with Crippen molar-refractivity contribution in [3.05, 3.63) is 11.3 Å². The molecule has 0 radical (unpaired) electrons. The molecule has 0 atom stereocenters. The third kappa shape index (κ3) is 2.00. The van der Waals surface area contributed by atoms with Crippen LogP contribution in [0.15, 0.2) is 4.52 Å². The van der Waals surface area contributed by atoms with Crippen molar-refractivity contribution in [2.75, 3.05) is 18.9 Å². The van der Waals surface area contributed by atoms with Crippen LogP contribution < -0.4 is 5.73 Å². The third-order valence-electron chi connectivity index (χ3n) is 2.95. The molecule has 0 bridgehead atoms. The number of anilines is 1. The number of hydrogen-bond acceptors (Lipinski definition) is 4. The predicted octanol–water partition coefficient (Wildman–Crippen LogP) is 2.27. The van der Waals surface area contributed by atoms with Crippen molar-refractivity contribution in [1.82, 2.24) is 5.16 Å². The summed E-state index contributed by atoms with van der Waals surface area (Å²) >= 11 is 0. The number of nitrogens with two attached hydrogens (primary N) is 1. The molecule has 4 nitrogen and oxygen atoms in total. The molecule has 2 rings (SSSR count). The summed E-state index contributed by atoms with van der Waals surface area (Å²) in [6.45, 7) is 5.85. The number of ether oxygens (including phenoxy) is 1. The third-order valence-corrected chi connectivity index (χ3v) is 2.95. The van der Waals surface area contributed by atoms with Crippen LogP contribution in [-0.2, 0) is 4.74 Å². The minimum atomic E-state index is 0.370. The molecule has 4 heteroatoms. The average molecular weight is 210 g/mol. The minimum Gasteiger partial charge on any atom is -0.381 e. The highest BCUT2D eigenvalue weighted by Crippen LogP contribution is 2.35. The Morgan fingerprint density at radius 2 is 2.00 bits per heavy atom. The Morgan fingerprint density at radius 1 is 1.33 bits per heavy atom. The lowest BCUT2D eigenvalue weighted by Crippen LogP contribution is -2.15. The van der Waals surface area contributed by atoms with Crippen molar-refractivity contribution in [3.8, 4) is 0 Å². The van der Waals surface area contributed by atoms with E-state index in [9.17, 15) is 0 Å². The molecule has 0 saturated carbocycles. The van der Waals surface area contributed by atoms with E-state index in [4.69, 9.17) is 15.0 Å². The number of nitrogens with zero attached hydrogens (tertiary/aromatic N) is 1. The summed E-state index contributed by atoms with van der Waals surface area (Å²) in [6.07, 6.45) is 2.02. The Bertz CT molecular complexity index is 327. The Labute approximate surface area is 89.8 Å². The number of aromatic nitrogens is 1. The van der Waals surface area contributed by atoms with E-state index in [1.54, 1.807) is 0 Å². The van der Waals surface area contributed by atoms with Crippen molar-refractivity contribution in [2.45, 2.75) is 38.5 Å². The van der Waals surface area contributed by atoms with Gasteiger partial charge in [0.05, 0.1) is 0 Å². The fourth-order valence-corrected chi connectivity index (χ4v) is 2.16. The Kier molecular flexibility index (Phi) is 2.95. The fourth-order valence-electron chi connectivity index (χ4n) is 2.16. The standard InChI is InChI=1S/C11H18N2O2/c1-7(2)9-10(15-13-11(9)12)8-3-5-14-6-4-8/h7-8H,3-6H2,1-2H3,(H2,12,13). The maximum Gasteiger partial charge on any atom is 0.170 e. The fraction of sp³-hybridized carbons (Fsp3) is 0.727. The zero-order valence-electron chi connectivity index (χ0n) is 9.32. The van der Waals surface area contributed by atoms with Gasteiger partial charge in [0.15, 0.2) is 5.82 Å². The van der Waals surface area contributed by atoms with Crippen LogP contribution in [0.4, 0.5) is 5.82 Å². The largest absolute Gasteiger partial charge is 0.381 e. The summed E-state index contributed by atoms with van der Waals surface area (Å²) in [5, 5.41) is 3.87. The molecule has 1 aromatic heterocycles. The Hall–Kier alpha value is -1.03. The number of nitrogen functional groups attached to an aromatic ring is 1. The molecule has 0 unspecified atom stereocenters. The summed E-state index contributed by atoms with van der Waals surface area (Å²) in [5.74, 6) is 2.33. The predicted molar refractivity (Wildman–Crippen MR) is 57.8 cm³/mol. The van der Waals surface area contributed by atoms with Crippen LogP contribution in [0.3, 0.4) is 0 Å². The van der Waals surface area contributed by atoms with Crippen LogP contribution in [-0.4, -0.2) is 18.4 Å². The van der Waals surface area contributed by atoms with Crippen LogP contribution in [0, 0.1) is 0 Å². The lowest BCUT2D eigenvalue weighted by molar-refractivity contribution is 0.0788. The summed E-state index contributed by atoms with van der Waals surface area (Å²) < 4.78 is 10.7. The summed E-state index contributed by atoms with van der Waals surface area (Å²) in [6, 6.07) is 0. The quantitative estimate of drug-likeness (QED) is 0.813. The number of rotatable bonds is 2. The molecule has 15 heavy (non-hydrogen) atoms. The molecule has 2 N–H and O–H groups in total. The first-order chi connectivity index (χ1) is 7.20. The number of hydrogen-bond donors (Lipinski definition) is 1. The zero-order chi connectivity index (χ0) is 10.8. The summed E-state index contributed by atoms with van der Waals surface area (Å²) in [7, 11) is 0. The molecule has 0 aromatic carbocycles. The van der Waals surface area contributed by atoms with Gasteiger partial charge in [-0.3, -0.25) is 0 Å². The average Bonchev–Trinajstić information content (AvgIpc) is 2.61. The monoisotopic (exact) mass is 210 g/mol. The van der Waals surface area contributed by atoms with Gasteiger partial charge in [-0.05, 0) is 18.8 Å². The van der Waals surface area contributed by atoms with Gasteiger partial charge in [-0.2, -0.15) is 0 Å². The molecule has 0 spiro atoms. The SMILES string of the molecule is CC(C)c1c(N)noc1C1CCOCC1. The zero-order valence-corrected chi connectivity index (χ0v) is 9.32. The topological polar surface area (TPSA) is 61.3 Å². The van der Waals surface area contributed by atoms with E-state index in [1.165, 1.54) is 0 Å². The Morgan fingerprint density at radius 3 is 2.60 bits per heavy atom. The molecule has 1 aliphatic rings. The molecule has 84 valence electrons. The van der Waals surface area contributed by atoms with Crippen LogP contribution in [0.25, 0.3) is 0 Å². The lowest BCUT2D eigenvalue weighted by Gasteiger charge is -2.21. The first-order valence-electron chi connectivity index (χ1n) is 5.52. The molecular weight excluding hydrogens is 192 g/mol. The second-order valence-corrected chi connectivity index (χ2v) is 4.39. The van der Waals surface area contributed by atoms with Gasteiger partial charge in [0.2, 0.25) is 0 Å². The molecule has 1 saturated heterocycles. The molecule has 1 aliphatic heterocycles. The van der Waals surface area contributed by atoms with E-state index in [2.05, 4.69) is 19.0 Å². The molecule has 2 heterocycles. The van der Waals surface area contributed by atoms with E-state index < -0.39 is 0 Å². The van der Waals surface area contributed by atoms with Crippen molar-refractivity contribution >= 4 is 5.82 Å². The van der Waals surface area contributed by atoms with E-state index >= 15 is 0 Å². The first kappa shape index (κ1) is 10.5. The van der Waals surface area contributed by atoms with Crippen LogP contribution >= 0.6 is 0 Å². The van der Waals surface area contributed by atoms with Gasteiger partial charge < -0.3 is 15.0 Å². The van der Waals surface area contributed by atoms with Gasteiger partial charge in [-0.25, -0.2) is 0 Å². The molecular formula is C11H18N2O2. The van der Waals surface area contributed by atoms with Gasteiger partial charge in [-0.15, -0.1) is 0 Å². The molecule has 1 fully saturated rings. The Balaban J connectivity index is 2.26. The van der Waals surface area contributed by atoms with Crippen molar-refractivity contribution < 1.29 is 9.26 Å². The first-order valence-corrected chi connectivity index (χ1v) is 5.52. The van der Waals surface area contributed by atoms with E-state index in [0.717, 1.165) is 37.4 Å².